The molecule has 5 heteroatoms. The van der Waals surface area contributed by atoms with Crippen LogP contribution in [0.3, 0.4) is 0 Å². The molecule has 0 aromatic carbocycles. The second-order valence-electron chi connectivity index (χ2n) is 7.25. The molecule has 5 unspecified atom stereocenters. The molecule has 3 fully saturated rings. The summed E-state index contributed by atoms with van der Waals surface area (Å²) < 4.78 is 10.7. The summed E-state index contributed by atoms with van der Waals surface area (Å²) in [6.07, 6.45) is 1.91. The number of esters is 2. The number of carbonyl (C=O) groups excluding carboxylic acids is 2. The molecule has 21 heavy (non-hydrogen) atoms. The first kappa shape index (κ1) is 14.4. The highest BCUT2D eigenvalue weighted by atomic mass is 16.6. The number of nitrogens with zero attached hydrogens (tertiary/aromatic N) is 1. The summed E-state index contributed by atoms with van der Waals surface area (Å²) in [7, 11) is 0. The Balaban J connectivity index is 1.69. The van der Waals surface area contributed by atoms with Crippen molar-refractivity contribution in [1.82, 2.24) is 0 Å². The first-order valence-corrected chi connectivity index (χ1v) is 7.65. The first-order chi connectivity index (χ1) is 9.85. The summed E-state index contributed by atoms with van der Waals surface area (Å²) in [6.45, 7) is 5.68. The van der Waals surface area contributed by atoms with Gasteiger partial charge in [0.05, 0.1) is 11.5 Å². The Labute approximate surface area is 124 Å². The standard InChI is InChI=1S/C16H21NO4/c1-4-15(2,3)13(18)20-7-11-12-10-5-9(10)6-16(12,8-17)14(19)21-11/h9-12H,4-7H2,1-3H3. The number of ether oxygens (including phenoxy) is 2. The van der Waals surface area contributed by atoms with E-state index in [1.165, 1.54) is 0 Å². The van der Waals surface area contributed by atoms with Crippen molar-refractivity contribution in [2.24, 2.45) is 28.6 Å². The molecular weight excluding hydrogens is 270 g/mol. The maximum atomic E-state index is 12.1. The minimum absolute atomic E-state index is 0.0747. The maximum Gasteiger partial charge on any atom is 0.327 e. The Kier molecular flexibility index (Phi) is 3.05. The SMILES string of the molecule is CCC(C)(C)C(=O)OCC1OC(=O)C2(C#N)CC3CC3C12. The van der Waals surface area contributed by atoms with Gasteiger partial charge in [-0.15, -0.1) is 0 Å². The van der Waals surface area contributed by atoms with Gasteiger partial charge in [-0.1, -0.05) is 6.92 Å². The highest BCUT2D eigenvalue weighted by Gasteiger charge is 2.72. The zero-order valence-corrected chi connectivity index (χ0v) is 12.7. The molecule has 0 spiro atoms. The van der Waals surface area contributed by atoms with Gasteiger partial charge in [0, 0.05) is 5.92 Å². The van der Waals surface area contributed by atoms with E-state index in [0.717, 1.165) is 6.42 Å². The molecule has 0 N–H and O–H groups in total. The van der Waals surface area contributed by atoms with Gasteiger partial charge in [-0.2, -0.15) is 5.26 Å². The molecule has 1 aliphatic heterocycles. The predicted octanol–water partition coefficient (Wildman–Crippen LogP) is 2.06. The minimum atomic E-state index is -0.981. The third kappa shape index (κ3) is 1.96. The van der Waals surface area contributed by atoms with Crippen molar-refractivity contribution in [3.8, 4) is 6.07 Å². The molecule has 0 aromatic heterocycles. The molecule has 5 atom stereocenters. The summed E-state index contributed by atoms with van der Waals surface area (Å²) in [5.74, 6) is 0.0724. The van der Waals surface area contributed by atoms with E-state index in [1.54, 1.807) is 0 Å². The third-order valence-electron chi connectivity index (χ3n) is 5.63. The van der Waals surface area contributed by atoms with Crippen LogP contribution in [-0.2, 0) is 19.1 Å². The lowest BCUT2D eigenvalue weighted by Crippen LogP contribution is -2.34. The number of hydrogen-bond donors (Lipinski definition) is 0. The quantitative estimate of drug-likeness (QED) is 0.741. The van der Waals surface area contributed by atoms with Crippen LogP contribution >= 0.6 is 0 Å². The molecule has 3 aliphatic rings. The second kappa shape index (κ2) is 4.46. The van der Waals surface area contributed by atoms with Crippen LogP contribution in [0, 0.1) is 39.9 Å². The number of rotatable bonds is 4. The van der Waals surface area contributed by atoms with E-state index in [2.05, 4.69) is 6.07 Å². The fraction of sp³-hybridized carbons (Fsp3) is 0.812. The van der Waals surface area contributed by atoms with E-state index in [-0.39, 0.29) is 18.5 Å². The van der Waals surface area contributed by atoms with Crippen LogP contribution in [0.5, 0.6) is 0 Å². The van der Waals surface area contributed by atoms with E-state index < -0.39 is 22.9 Å². The monoisotopic (exact) mass is 291 g/mol. The lowest BCUT2D eigenvalue weighted by atomic mass is 9.75. The van der Waals surface area contributed by atoms with Crippen molar-refractivity contribution < 1.29 is 19.1 Å². The van der Waals surface area contributed by atoms with E-state index >= 15 is 0 Å². The van der Waals surface area contributed by atoms with Gasteiger partial charge in [0.1, 0.15) is 12.7 Å². The van der Waals surface area contributed by atoms with Gasteiger partial charge >= 0.3 is 11.9 Å². The van der Waals surface area contributed by atoms with Crippen LogP contribution in [-0.4, -0.2) is 24.6 Å². The molecule has 1 saturated heterocycles. The average molecular weight is 291 g/mol. The van der Waals surface area contributed by atoms with E-state index in [1.807, 2.05) is 20.8 Å². The van der Waals surface area contributed by atoms with Gasteiger partial charge < -0.3 is 9.47 Å². The van der Waals surface area contributed by atoms with Crippen LogP contribution in [0.1, 0.15) is 40.0 Å². The van der Waals surface area contributed by atoms with Gasteiger partial charge in [-0.05, 0) is 44.9 Å². The van der Waals surface area contributed by atoms with Crippen molar-refractivity contribution in [2.45, 2.75) is 46.1 Å². The van der Waals surface area contributed by atoms with Crippen molar-refractivity contribution in [2.75, 3.05) is 6.61 Å². The largest absolute Gasteiger partial charge is 0.461 e. The molecule has 2 aliphatic carbocycles. The van der Waals surface area contributed by atoms with E-state index in [4.69, 9.17) is 9.47 Å². The van der Waals surface area contributed by atoms with Crippen molar-refractivity contribution >= 4 is 11.9 Å². The van der Waals surface area contributed by atoms with Crippen molar-refractivity contribution in [3.05, 3.63) is 0 Å². The van der Waals surface area contributed by atoms with Gasteiger partial charge in [0.15, 0.2) is 5.41 Å². The number of hydrogen-bond acceptors (Lipinski definition) is 5. The summed E-state index contributed by atoms with van der Waals surface area (Å²) in [4.78, 5) is 24.1. The lowest BCUT2D eigenvalue weighted by molar-refractivity contribution is -0.161. The fourth-order valence-corrected chi connectivity index (χ4v) is 3.79. The average Bonchev–Trinajstić information content (AvgIpc) is 3.04. The van der Waals surface area contributed by atoms with Crippen molar-refractivity contribution in [1.29, 1.82) is 5.26 Å². The zero-order chi connectivity index (χ0) is 15.4. The van der Waals surface area contributed by atoms with Gasteiger partial charge in [-0.25, -0.2) is 0 Å². The second-order valence-corrected chi connectivity index (χ2v) is 7.25. The zero-order valence-electron chi connectivity index (χ0n) is 12.7. The number of fused-ring (bicyclic) bond motifs is 3. The number of nitriles is 1. The third-order valence-corrected chi connectivity index (χ3v) is 5.63. The van der Waals surface area contributed by atoms with Crippen LogP contribution < -0.4 is 0 Å². The highest BCUT2D eigenvalue weighted by Crippen LogP contribution is 2.67. The Morgan fingerprint density at radius 3 is 2.90 bits per heavy atom. The normalized spacial score (nSPS) is 40.0. The molecule has 3 rings (SSSR count). The molecular formula is C16H21NO4. The topological polar surface area (TPSA) is 76.4 Å². The molecule has 0 aromatic rings. The molecule has 5 nitrogen and oxygen atoms in total. The predicted molar refractivity (Wildman–Crippen MR) is 72.7 cm³/mol. The van der Waals surface area contributed by atoms with Gasteiger partial charge in [0.25, 0.3) is 0 Å². The Hall–Kier alpha value is -1.57. The fourth-order valence-electron chi connectivity index (χ4n) is 3.79. The smallest absolute Gasteiger partial charge is 0.327 e. The Bertz CT molecular complexity index is 535. The molecule has 1 heterocycles. The Morgan fingerprint density at radius 2 is 2.29 bits per heavy atom. The minimum Gasteiger partial charge on any atom is -0.461 e. The lowest BCUT2D eigenvalue weighted by Gasteiger charge is -2.24. The Morgan fingerprint density at radius 1 is 1.57 bits per heavy atom. The molecule has 0 amide bonds. The van der Waals surface area contributed by atoms with Crippen LogP contribution in [0.4, 0.5) is 0 Å². The summed E-state index contributed by atoms with van der Waals surface area (Å²) in [5, 5.41) is 9.44. The van der Waals surface area contributed by atoms with Crippen LogP contribution in [0.25, 0.3) is 0 Å². The molecule has 2 saturated carbocycles. The van der Waals surface area contributed by atoms with Gasteiger partial charge in [-0.3, -0.25) is 9.59 Å². The number of carbonyl (C=O) groups is 2. The van der Waals surface area contributed by atoms with Crippen molar-refractivity contribution in [3.63, 3.8) is 0 Å². The summed E-state index contributed by atoms with van der Waals surface area (Å²) >= 11 is 0. The maximum absolute atomic E-state index is 12.1. The molecule has 0 bridgehead atoms. The first-order valence-electron chi connectivity index (χ1n) is 7.65. The van der Waals surface area contributed by atoms with E-state index in [0.29, 0.717) is 24.7 Å². The molecule has 0 radical (unpaired) electrons. The summed E-state index contributed by atoms with van der Waals surface area (Å²) in [6, 6.07) is 2.19. The van der Waals surface area contributed by atoms with E-state index in [9.17, 15) is 14.9 Å². The number of cyclic esters (lactones) is 1. The molecule has 114 valence electrons. The van der Waals surface area contributed by atoms with Crippen LogP contribution in [0.15, 0.2) is 0 Å². The summed E-state index contributed by atoms with van der Waals surface area (Å²) in [5.41, 5.74) is -1.52. The van der Waals surface area contributed by atoms with Gasteiger partial charge in [0.2, 0.25) is 0 Å². The van der Waals surface area contributed by atoms with Crippen LogP contribution in [0.2, 0.25) is 0 Å². The highest BCUT2D eigenvalue weighted by molar-refractivity contribution is 5.84.